The summed E-state index contributed by atoms with van der Waals surface area (Å²) < 4.78 is 5.20. The van der Waals surface area contributed by atoms with Crippen LogP contribution in [0.1, 0.15) is 23.8 Å². The number of likely N-dealkylation sites (tertiary alicyclic amines) is 1. The van der Waals surface area contributed by atoms with Gasteiger partial charge in [-0.2, -0.15) is 0 Å². The first-order valence-corrected chi connectivity index (χ1v) is 8.63. The summed E-state index contributed by atoms with van der Waals surface area (Å²) in [6, 6.07) is 11.0. The highest BCUT2D eigenvalue weighted by Crippen LogP contribution is 2.34. The molecular weight excluding hydrogens is 326 g/mol. The van der Waals surface area contributed by atoms with Gasteiger partial charge < -0.3 is 20.7 Å². The molecule has 1 aliphatic heterocycles. The fourth-order valence-electron chi connectivity index (χ4n) is 2.77. The Labute approximate surface area is 144 Å². The average molecular weight is 345 g/mol. The van der Waals surface area contributed by atoms with E-state index in [9.17, 15) is 9.59 Å². The van der Waals surface area contributed by atoms with Crippen LogP contribution in [-0.4, -0.2) is 30.0 Å². The van der Waals surface area contributed by atoms with Crippen LogP contribution in [0.2, 0.25) is 0 Å². The molecule has 0 aliphatic carbocycles. The van der Waals surface area contributed by atoms with E-state index >= 15 is 0 Å². The Hall–Kier alpha value is -2.54. The van der Waals surface area contributed by atoms with Crippen LogP contribution in [0.5, 0.6) is 5.75 Å². The zero-order chi connectivity index (χ0) is 16.9. The van der Waals surface area contributed by atoms with Crippen molar-refractivity contribution < 1.29 is 14.3 Å². The number of carbonyl (C=O) groups is 2. The first-order valence-electron chi connectivity index (χ1n) is 7.75. The van der Waals surface area contributed by atoms with E-state index in [1.165, 1.54) is 4.88 Å². The molecule has 3 amide bonds. The van der Waals surface area contributed by atoms with Crippen molar-refractivity contribution in [3.8, 4) is 5.75 Å². The lowest BCUT2D eigenvalue weighted by Gasteiger charge is -2.24. The molecule has 0 saturated carbocycles. The highest BCUT2D eigenvalue weighted by atomic mass is 32.1. The van der Waals surface area contributed by atoms with Gasteiger partial charge in [0, 0.05) is 17.1 Å². The first-order chi connectivity index (χ1) is 11.6. The standard InChI is InChI=1S/C17H19N3O3S/c18-16(21)11-23-13-7-5-12(6-8-13)19-17(22)20-9-1-3-14(20)15-4-2-10-24-15/h2,4-8,10,14H,1,3,9,11H2,(H2,18,21)(H,19,22). The minimum absolute atomic E-state index is 0.100. The van der Waals surface area contributed by atoms with E-state index in [0.717, 1.165) is 19.4 Å². The molecule has 24 heavy (non-hydrogen) atoms. The molecule has 1 atom stereocenters. The Balaban J connectivity index is 1.61. The second kappa shape index (κ2) is 7.35. The second-order valence-corrected chi connectivity index (χ2v) is 6.56. The van der Waals surface area contributed by atoms with Gasteiger partial charge in [-0.1, -0.05) is 6.07 Å². The molecule has 1 saturated heterocycles. The Morgan fingerprint density at radius 2 is 2.08 bits per heavy atom. The SMILES string of the molecule is NC(=O)COc1ccc(NC(=O)N2CCCC2c2cccs2)cc1. The fourth-order valence-corrected chi connectivity index (χ4v) is 3.64. The third-order valence-corrected chi connectivity index (χ3v) is 4.85. The summed E-state index contributed by atoms with van der Waals surface area (Å²) >= 11 is 1.68. The fraction of sp³-hybridized carbons (Fsp3) is 0.294. The molecule has 1 fully saturated rings. The summed E-state index contributed by atoms with van der Waals surface area (Å²) in [6.07, 6.45) is 2.00. The van der Waals surface area contributed by atoms with Gasteiger partial charge in [0.2, 0.25) is 0 Å². The maximum atomic E-state index is 12.5. The van der Waals surface area contributed by atoms with Crippen LogP contribution < -0.4 is 15.8 Å². The molecular formula is C17H19N3O3S. The van der Waals surface area contributed by atoms with Crippen molar-refractivity contribution in [1.29, 1.82) is 0 Å². The van der Waals surface area contributed by atoms with E-state index in [1.807, 2.05) is 16.3 Å². The minimum atomic E-state index is -0.527. The van der Waals surface area contributed by atoms with Gasteiger partial charge in [0.1, 0.15) is 5.75 Å². The highest BCUT2D eigenvalue weighted by molar-refractivity contribution is 7.10. The van der Waals surface area contributed by atoms with Crippen LogP contribution in [0.4, 0.5) is 10.5 Å². The molecule has 3 N–H and O–H groups in total. The van der Waals surface area contributed by atoms with Crippen LogP contribution >= 0.6 is 11.3 Å². The molecule has 1 unspecified atom stereocenters. The number of rotatable bonds is 5. The van der Waals surface area contributed by atoms with Crippen LogP contribution in [-0.2, 0) is 4.79 Å². The molecule has 1 aromatic heterocycles. The number of hydrogen-bond donors (Lipinski definition) is 2. The maximum absolute atomic E-state index is 12.5. The quantitative estimate of drug-likeness (QED) is 0.873. The van der Waals surface area contributed by atoms with E-state index in [-0.39, 0.29) is 18.7 Å². The molecule has 6 nitrogen and oxygen atoms in total. The summed E-state index contributed by atoms with van der Waals surface area (Å²) in [6.45, 7) is 0.593. The number of carbonyl (C=O) groups excluding carboxylic acids is 2. The normalized spacial score (nSPS) is 16.8. The number of benzene rings is 1. The topological polar surface area (TPSA) is 84.7 Å². The van der Waals surface area contributed by atoms with Crippen molar-refractivity contribution in [2.24, 2.45) is 5.73 Å². The summed E-state index contributed by atoms with van der Waals surface area (Å²) in [5, 5.41) is 4.95. The van der Waals surface area contributed by atoms with Crippen LogP contribution in [0.3, 0.4) is 0 Å². The predicted octanol–water partition coefficient (Wildman–Crippen LogP) is 2.98. The van der Waals surface area contributed by atoms with E-state index in [2.05, 4.69) is 11.4 Å². The lowest BCUT2D eigenvalue weighted by atomic mass is 10.2. The molecule has 0 spiro atoms. The van der Waals surface area contributed by atoms with E-state index in [4.69, 9.17) is 10.5 Å². The van der Waals surface area contributed by atoms with Gasteiger partial charge in [0.15, 0.2) is 6.61 Å². The smallest absolute Gasteiger partial charge is 0.322 e. The number of nitrogens with two attached hydrogens (primary N) is 1. The largest absolute Gasteiger partial charge is 0.484 e. The zero-order valence-corrected chi connectivity index (χ0v) is 13.9. The van der Waals surface area contributed by atoms with Gasteiger partial charge in [0.05, 0.1) is 6.04 Å². The number of anilines is 1. The van der Waals surface area contributed by atoms with Crippen LogP contribution in [0, 0.1) is 0 Å². The molecule has 1 aromatic carbocycles. The Bertz CT molecular complexity index is 700. The number of hydrogen-bond acceptors (Lipinski definition) is 4. The zero-order valence-electron chi connectivity index (χ0n) is 13.1. The Kier molecular flexibility index (Phi) is 5.00. The van der Waals surface area contributed by atoms with E-state index < -0.39 is 5.91 Å². The summed E-state index contributed by atoms with van der Waals surface area (Å²) in [5.41, 5.74) is 5.72. The van der Waals surface area contributed by atoms with Crippen molar-refractivity contribution >= 4 is 29.0 Å². The average Bonchev–Trinajstić information content (AvgIpc) is 3.24. The molecule has 2 aromatic rings. The van der Waals surface area contributed by atoms with Gasteiger partial charge in [0.25, 0.3) is 5.91 Å². The van der Waals surface area contributed by atoms with E-state index in [0.29, 0.717) is 11.4 Å². The third-order valence-electron chi connectivity index (χ3n) is 3.87. The highest BCUT2D eigenvalue weighted by Gasteiger charge is 2.30. The maximum Gasteiger partial charge on any atom is 0.322 e. The van der Waals surface area contributed by atoms with Gasteiger partial charge in [-0.3, -0.25) is 4.79 Å². The molecule has 0 bridgehead atoms. The lowest BCUT2D eigenvalue weighted by molar-refractivity contribution is -0.119. The predicted molar refractivity (Wildman–Crippen MR) is 93.2 cm³/mol. The number of nitrogens with one attached hydrogen (secondary N) is 1. The van der Waals surface area contributed by atoms with Crippen molar-refractivity contribution in [1.82, 2.24) is 4.90 Å². The molecule has 0 radical (unpaired) electrons. The third kappa shape index (κ3) is 3.86. The molecule has 2 heterocycles. The van der Waals surface area contributed by atoms with Crippen molar-refractivity contribution in [3.63, 3.8) is 0 Å². The first kappa shape index (κ1) is 16.3. The van der Waals surface area contributed by atoms with Crippen molar-refractivity contribution in [2.75, 3.05) is 18.5 Å². The summed E-state index contributed by atoms with van der Waals surface area (Å²) in [4.78, 5) is 26.3. The Morgan fingerprint density at radius 1 is 1.29 bits per heavy atom. The number of nitrogens with zero attached hydrogens (tertiary/aromatic N) is 1. The summed E-state index contributed by atoms with van der Waals surface area (Å²) in [7, 11) is 0. The van der Waals surface area contributed by atoms with Gasteiger partial charge in [-0.25, -0.2) is 4.79 Å². The summed E-state index contributed by atoms with van der Waals surface area (Å²) in [5.74, 6) is 0.00506. The second-order valence-electron chi connectivity index (χ2n) is 5.58. The number of primary amides is 1. The Morgan fingerprint density at radius 3 is 2.75 bits per heavy atom. The molecule has 1 aliphatic rings. The molecule has 126 valence electrons. The number of thiophene rings is 1. The van der Waals surface area contributed by atoms with Gasteiger partial charge in [-0.15, -0.1) is 11.3 Å². The number of amides is 3. The number of ether oxygens (including phenoxy) is 1. The van der Waals surface area contributed by atoms with Crippen LogP contribution in [0.25, 0.3) is 0 Å². The van der Waals surface area contributed by atoms with Gasteiger partial charge in [-0.05, 0) is 48.6 Å². The monoisotopic (exact) mass is 345 g/mol. The number of urea groups is 1. The molecule has 7 heteroatoms. The molecule has 3 rings (SSSR count). The van der Waals surface area contributed by atoms with Crippen LogP contribution in [0.15, 0.2) is 41.8 Å². The van der Waals surface area contributed by atoms with Gasteiger partial charge >= 0.3 is 6.03 Å². The van der Waals surface area contributed by atoms with Crippen molar-refractivity contribution in [2.45, 2.75) is 18.9 Å². The lowest BCUT2D eigenvalue weighted by Crippen LogP contribution is -2.34. The minimum Gasteiger partial charge on any atom is -0.484 e. The van der Waals surface area contributed by atoms with Crippen molar-refractivity contribution in [3.05, 3.63) is 46.7 Å². The van der Waals surface area contributed by atoms with E-state index in [1.54, 1.807) is 35.6 Å².